The van der Waals surface area contributed by atoms with E-state index in [1.807, 2.05) is 30.3 Å². The fourth-order valence-corrected chi connectivity index (χ4v) is 3.93. The number of carbonyl (C=O) groups is 2. The monoisotopic (exact) mass is 554 g/mol. The van der Waals surface area contributed by atoms with E-state index in [9.17, 15) is 35.9 Å². The van der Waals surface area contributed by atoms with E-state index in [2.05, 4.69) is 0 Å². The smallest absolute Gasteiger partial charge is 0.416 e. The quantitative estimate of drug-likeness (QED) is 0.258. The molecule has 2 aromatic carbocycles. The summed E-state index contributed by atoms with van der Waals surface area (Å²) in [4.78, 5) is 29.3. The first-order valence-electron chi connectivity index (χ1n) is 12.2. The lowest BCUT2D eigenvalue weighted by Crippen LogP contribution is -2.47. The van der Waals surface area contributed by atoms with Crippen LogP contribution >= 0.6 is 0 Å². The predicted molar refractivity (Wildman–Crippen MR) is 132 cm³/mol. The Labute approximate surface area is 222 Å². The minimum absolute atomic E-state index is 0.0375. The van der Waals surface area contributed by atoms with Crippen LogP contribution in [-0.4, -0.2) is 40.7 Å². The third kappa shape index (κ3) is 8.11. The van der Waals surface area contributed by atoms with Gasteiger partial charge in [-0.2, -0.15) is 26.3 Å². The molecule has 0 spiro atoms. The topological polar surface area (TPSA) is 53.8 Å². The zero-order valence-corrected chi connectivity index (χ0v) is 21.4. The highest BCUT2D eigenvalue weighted by molar-refractivity contribution is 5.97. The van der Waals surface area contributed by atoms with Crippen molar-refractivity contribution in [2.75, 3.05) is 13.1 Å². The molecule has 0 aliphatic rings. The van der Waals surface area contributed by atoms with Crippen molar-refractivity contribution in [3.05, 3.63) is 94.9 Å². The van der Waals surface area contributed by atoms with Gasteiger partial charge in [-0.25, -0.2) is 0 Å². The molecule has 1 unspecified atom stereocenters. The van der Waals surface area contributed by atoms with E-state index in [0.717, 1.165) is 10.5 Å². The molecule has 0 aliphatic carbocycles. The molecule has 3 aromatic rings. The molecule has 1 aromatic heterocycles. The third-order valence-electron chi connectivity index (χ3n) is 6.32. The summed E-state index contributed by atoms with van der Waals surface area (Å²) in [5.74, 6) is -1.15. The van der Waals surface area contributed by atoms with E-state index in [4.69, 9.17) is 4.42 Å². The van der Waals surface area contributed by atoms with E-state index in [0.29, 0.717) is 30.7 Å². The number of carbonyl (C=O) groups excluding carboxylic acids is 2. The van der Waals surface area contributed by atoms with E-state index >= 15 is 0 Å². The number of nitrogens with zero attached hydrogens (tertiary/aromatic N) is 2. The molecule has 5 nitrogen and oxygen atoms in total. The van der Waals surface area contributed by atoms with Gasteiger partial charge in [0, 0.05) is 18.2 Å². The van der Waals surface area contributed by atoms with Crippen LogP contribution in [0.4, 0.5) is 26.3 Å². The van der Waals surface area contributed by atoms with Crippen molar-refractivity contribution in [2.24, 2.45) is 0 Å². The van der Waals surface area contributed by atoms with Crippen LogP contribution in [0.1, 0.15) is 53.1 Å². The van der Waals surface area contributed by atoms with Gasteiger partial charge in [-0.1, -0.05) is 37.3 Å². The van der Waals surface area contributed by atoms with Crippen LogP contribution in [0.5, 0.6) is 0 Å². The molecule has 0 N–H and O–H groups in total. The van der Waals surface area contributed by atoms with Crippen molar-refractivity contribution >= 4 is 11.8 Å². The number of rotatable bonds is 10. The zero-order chi connectivity index (χ0) is 28.8. The largest absolute Gasteiger partial charge is 0.467 e. The highest BCUT2D eigenvalue weighted by Crippen LogP contribution is 2.36. The Hall–Kier alpha value is -3.76. The van der Waals surface area contributed by atoms with E-state index < -0.39 is 53.4 Å². The first-order chi connectivity index (χ1) is 18.3. The van der Waals surface area contributed by atoms with Crippen molar-refractivity contribution in [1.82, 2.24) is 9.80 Å². The van der Waals surface area contributed by atoms with Crippen molar-refractivity contribution in [3.8, 4) is 0 Å². The van der Waals surface area contributed by atoms with E-state index in [1.165, 1.54) is 11.2 Å². The summed E-state index contributed by atoms with van der Waals surface area (Å²) < 4.78 is 85.7. The number of benzene rings is 2. The number of hydrogen-bond acceptors (Lipinski definition) is 3. The maximum absolute atomic E-state index is 13.4. The van der Waals surface area contributed by atoms with Crippen LogP contribution in [0.2, 0.25) is 0 Å². The number of halogens is 6. The Morgan fingerprint density at radius 2 is 1.51 bits per heavy atom. The molecule has 0 saturated heterocycles. The van der Waals surface area contributed by atoms with Crippen LogP contribution in [0.3, 0.4) is 0 Å². The maximum atomic E-state index is 13.4. The Kier molecular flexibility index (Phi) is 9.47. The first kappa shape index (κ1) is 29.8. The van der Waals surface area contributed by atoms with Gasteiger partial charge >= 0.3 is 12.4 Å². The van der Waals surface area contributed by atoms with Crippen molar-refractivity contribution in [3.63, 3.8) is 0 Å². The lowest BCUT2D eigenvalue weighted by atomic mass is 10.0. The molecular weight excluding hydrogens is 526 g/mol. The van der Waals surface area contributed by atoms with Crippen LogP contribution in [0.25, 0.3) is 0 Å². The second-order valence-electron chi connectivity index (χ2n) is 9.12. The van der Waals surface area contributed by atoms with Crippen molar-refractivity contribution < 1.29 is 40.3 Å². The minimum atomic E-state index is -5.11. The summed E-state index contributed by atoms with van der Waals surface area (Å²) in [5.41, 5.74) is -3.04. The summed E-state index contributed by atoms with van der Waals surface area (Å²) in [6.45, 7) is 3.04. The van der Waals surface area contributed by atoms with Crippen LogP contribution in [0.15, 0.2) is 71.3 Å². The van der Waals surface area contributed by atoms with E-state index in [1.54, 1.807) is 26.0 Å². The van der Waals surface area contributed by atoms with Gasteiger partial charge < -0.3 is 14.2 Å². The molecule has 2 amide bonds. The SMILES string of the molecule is CCC(C)N(CC(=O)N(CCc1ccccc1)Cc1ccco1)C(=O)c1cc(C(F)(F)F)cc(C(F)(F)F)c1. The summed E-state index contributed by atoms with van der Waals surface area (Å²) in [5, 5.41) is 0. The minimum Gasteiger partial charge on any atom is -0.467 e. The molecule has 1 heterocycles. The number of furan rings is 1. The number of amides is 2. The van der Waals surface area contributed by atoms with Gasteiger partial charge in [0.1, 0.15) is 12.3 Å². The van der Waals surface area contributed by atoms with Gasteiger partial charge in [-0.15, -0.1) is 0 Å². The van der Waals surface area contributed by atoms with Crippen molar-refractivity contribution in [2.45, 2.75) is 51.6 Å². The molecule has 0 fully saturated rings. The normalized spacial score (nSPS) is 12.7. The second-order valence-corrected chi connectivity index (χ2v) is 9.12. The third-order valence-corrected chi connectivity index (χ3v) is 6.32. The lowest BCUT2D eigenvalue weighted by Gasteiger charge is -2.31. The van der Waals surface area contributed by atoms with Gasteiger partial charge in [0.2, 0.25) is 5.91 Å². The summed E-state index contributed by atoms with van der Waals surface area (Å²) >= 11 is 0. The molecule has 210 valence electrons. The van der Waals surface area contributed by atoms with Crippen molar-refractivity contribution in [1.29, 1.82) is 0 Å². The van der Waals surface area contributed by atoms with Gasteiger partial charge in [-0.05, 0) is 55.7 Å². The van der Waals surface area contributed by atoms with Gasteiger partial charge in [0.25, 0.3) is 5.91 Å². The molecule has 1 atom stereocenters. The zero-order valence-electron chi connectivity index (χ0n) is 21.4. The standard InChI is InChI=1S/C28H28F6N2O3/c1-3-19(2)36(26(38)21-14-22(27(29,30)31)16-23(15-21)28(32,33)34)18-25(37)35(17-24-10-7-13-39-24)12-11-20-8-5-4-6-9-20/h4-10,13-16,19H,3,11-12,17-18H2,1-2H3. The summed E-state index contributed by atoms with van der Waals surface area (Å²) in [7, 11) is 0. The van der Waals surface area contributed by atoms with Crippen LogP contribution in [-0.2, 0) is 30.1 Å². The molecule has 0 bridgehead atoms. The average molecular weight is 555 g/mol. The molecule has 3 rings (SSSR count). The van der Waals surface area contributed by atoms with Gasteiger partial charge in [-0.3, -0.25) is 9.59 Å². The Morgan fingerprint density at radius 1 is 0.897 bits per heavy atom. The molecule has 0 aliphatic heterocycles. The highest BCUT2D eigenvalue weighted by atomic mass is 19.4. The molecule has 0 radical (unpaired) electrons. The Morgan fingerprint density at radius 3 is 2.03 bits per heavy atom. The average Bonchev–Trinajstić information content (AvgIpc) is 3.41. The number of hydrogen-bond donors (Lipinski definition) is 0. The molecule has 11 heteroatoms. The van der Waals surface area contributed by atoms with Crippen LogP contribution < -0.4 is 0 Å². The Balaban J connectivity index is 1.91. The maximum Gasteiger partial charge on any atom is 0.416 e. The first-order valence-corrected chi connectivity index (χ1v) is 12.2. The van der Waals surface area contributed by atoms with Crippen LogP contribution in [0, 0.1) is 0 Å². The fourth-order valence-electron chi connectivity index (χ4n) is 3.93. The fraction of sp³-hybridized carbons (Fsp3) is 0.357. The summed E-state index contributed by atoms with van der Waals surface area (Å²) in [6, 6.07) is 12.7. The van der Waals surface area contributed by atoms with Gasteiger partial charge in [0.05, 0.1) is 23.9 Å². The molecule has 0 saturated carbocycles. The second kappa shape index (κ2) is 12.4. The molecular formula is C28H28F6N2O3. The Bertz CT molecular complexity index is 1210. The van der Waals surface area contributed by atoms with E-state index in [-0.39, 0.29) is 19.2 Å². The molecule has 39 heavy (non-hydrogen) atoms. The lowest BCUT2D eigenvalue weighted by molar-refractivity contribution is -0.143. The predicted octanol–water partition coefficient (Wildman–Crippen LogP) is 6.83. The summed E-state index contributed by atoms with van der Waals surface area (Å²) in [6.07, 6.45) is -7.98. The van der Waals surface area contributed by atoms with Gasteiger partial charge in [0.15, 0.2) is 0 Å². The number of alkyl halides is 6. The highest BCUT2D eigenvalue weighted by Gasteiger charge is 2.38.